The SMILES string of the molecule is CN(C(=O)c1ccc(C(=O)N(C)C(CO)CO)nc1)C(CO)CO. The van der Waals surface area contributed by atoms with Gasteiger partial charge in [0, 0.05) is 20.3 Å². The lowest BCUT2D eigenvalue weighted by Gasteiger charge is -2.25. The lowest BCUT2D eigenvalue weighted by molar-refractivity contribution is 0.0533. The summed E-state index contributed by atoms with van der Waals surface area (Å²) in [6.45, 7) is -1.53. The molecule has 0 aliphatic carbocycles. The van der Waals surface area contributed by atoms with Crippen molar-refractivity contribution in [3.8, 4) is 0 Å². The third kappa shape index (κ3) is 4.48. The molecule has 0 saturated heterocycles. The van der Waals surface area contributed by atoms with Crippen molar-refractivity contribution in [2.45, 2.75) is 12.1 Å². The third-order valence-electron chi connectivity index (χ3n) is 3.81. The van der Waals surface area contributed by atoms with Crippen molar-refractivity contribution in [2.24, 2.45) is 0 Å². The second kappa shape index (κ2) is 9.28. The molecule has 0 spiro atoms. The standard InChI is InChI=1S/C15H23N3O6/c1-17(11(6-19)7-20)14(23)10-3-4-13(16-5-10)15(24)18(2)12(8-21)9-22/h3-5,11-12,19-22H,6-9H2,1-2H3. The highest BCUT2D eigenvalue weighted by Gasteiger charge is 2.23. The summed E-state index contributed by atoms with van der Waals surface area (Å²) in [5, 5.41) is 36.4. The van der Waals surface area contributed by atoms with Gasteiger partial charge in [-0.05, 0) is 12.1 Å². The smallest absolute Gasteiger partial charge is 0.272 e. The molecule has 24 heavy (non-hydrogen) atoms. The summed E-state index contributed by atoms with van der Waals surface area (Å²) in [5.41, 5.74) is 0.258. The van der Waals surface area contributed by atoms with E-state index in [0.717, 1.165) is 0 Å². The van der Waals surface area contributed by atoms with Gasteiger partial charge in [-0.15, -0.1) is 0 Å². The van der Waals surface area contributed by atoms with Crippen LogP contribution in [0.25, 0.3) is 0 Å². The van der Waals surface area contributed by atoms with E-state index in [-0.39, 0.29) is 37.7 Å². The predicted octanol–water partition coefficient (Wildman–Crippen LogP) is -2.07. The molecule has 134 valence electrons. The minimum atomic E-state index is -0.735. The number of carbonyl (C=O) groups excluding carboxylic acids is 2. The van der Waals surface area contributed by atoms with Crippen LogP contribution in [-0.4, -0.2) is 99.6 Å². The Kier molecular flexibility index (Phi) is 7.72. The Balaban J connectivity index is 2.89. The molecule has 0 aromatic carbocycles. The van der Waals surface area contributed by atoms with Gasteiger partial charge in [-0.3, -0.25) is 14.6 Å². The number of carbonyl (C=O) groups is 2. The van der Waals surface area contributed by atoms with Crippen molar-refractivity contribution in [1.82, 2.24) is 14.8 Å². The molecule has 0 atom stereocenters. The highest BCUT2D eigenvalue weighted by molar-refractivity contribution is 5.96. The molecule has 1 rings (SSSR count). The Morgan fingerprint density at radius 2 is 1.38 bits per heavy atom. The van der Waals surface area contributed by atoms with E-state index in [1.165, 1.54) is 42.2 Å². The van der Waals surface area contributed by atoms with Crippen LogP contribution >= 0.6 is 0 Å². The summed E-state index contributed by atoms with van der Waals surface area (Å²) in [6, 6.07) is 1.31. The van der Waals surface area contributed by atoms with Crippen LogP contribution in [-0.2, 0) is 0 Å². The van der Waals surface area contributed by atoms with Gasteiger partial charge in [0.25, 0.3) is 11.8 Å². The number of nitrogens with zero attached hydrogens (tertiary/aromatic N) is 3. The highest BCUT2D eigenvalue weighted by atomic mass is 16.3. The molecule has 0 unspecified atom stereocenters. The molecular weight excluding hydrogens is 318 g/mol. The number of aliphatic hydroxyl groups is 4. The summed E-state index contributed by atoms with van der Waals surface area (Å²) in [6.07, 6.45) is 1.22. The Bertz CT molecular complexity index is 494. The molecular formula is C15H23N3O6. The Labute approximate surface area is 139 Å². The van der Waals surface area contributed by atoms with Gasteiger partial charge in [0.15, 0.2) is 0 Å². The number of aromatic nitrogens is 1. The average Bonchev–Trinajstić information content (AvgIpc) is 2.62. The van der Waals surface area contributed by atoms with E-state index < -0.39 is 23.9 Å². The molecule has 0 aliphatic rings. The first-order chi connectivity index (χ1) is 11.4. The van der Waals surface area contributed by atoms with Crippen LogP contribution in [0, 0.1) is 0 Å². The van der Waals surface area contributed by atoms with Crippen molar-refractivity contribution in [2.75, 3.05) is 40.5 Å². The molecule has 9 nitrogen and oxygen atoms in total. The molecule has 0 radical (unpaired) electrons. The molecule has 0 saturated carbocycles. The summed E-state index contributed by atoms with van der Waals surface area (Å²) in [4.78, 5) is 30.7. The Hall–Kier alpha value is -2.07. The minimum absolute atomic E-state index is 0.0597. The minimum Gasteiger partial charge on any atom is -0.394 e. The summed E-state index contributed by atoms with van der Waals surface area (Å²) >= 11 is 0. The largest absolute Gasteiger partial charge is 0.394 e. The van der Waals surface area contributed by atoms with Crippen molar-refractivity contribution < 1.29 is 30.0 Å². The van der Waals surface area contributed by atoms with Crippen LogP contribution in [0.3, 0.4) is 0 Å². The van der Waals surface area contributed by atoms with E-state index in [4.69, 9.17) is 20.4 Å². The molecule has 1 aromatic rings. The quantitative estimate of drug-likeness (QED) is 0.427. The second-order valence-electron chi connectivity index (χ2n) is 5.30. The summed E-state index contributed by atoms with van der Waals surface area (Å²) in [7, 11) is 2.88. The van der Waals surface area contributed by atoms with Gasteiger partial charge in [-0.2, -0.15) is 0 Å². The zero-order valence-corrected chi connectivity index (χ0v) is 13.7. The van der Waals surface area contributed by atoms with Gasteiger partial charge >= 0.3 is 0 Å². The summed E-state index contributed by atoms with van der Waals surface area (Å²) < 4.78 is 0. The Morgan fingerprint density at radius 1 is 0.917 bits per heavy atom. The van der Waals surface area contributed by atoms with Gasteiger partial charge in [0.05, 0.1) is 44.1 Å². The van der Waals surface area contributed by atoms with Crippen LogP contribution in [0.5, 0.6) is 0 Å². The van der Waals surface area contributed by atoms with Crippen molar-refractivity contribution >= 4 is 11.8 Å². The maximum Gasteiger partial charge on any atom is 0.272 e. The van der Waals surface area contributed by atoms with Crippen LogP contribution in [0.2, 0.25) is 0 Å². The molecule has 4 N–H and O–H groups in total. The van der Waals surface area contributed by atoms with E-state index >= 15 is 0 Å². The Morgan fingerprint density at radius 3 is 1.75 bits per heavy atom. The van der Waals surface area contributed by atoms with Gasteiger partial charge in [0.1, 0.15) is 5.69 Å². The third-order valence-corrected chi connectivity index (χ3v) is 3.81. The van der Waals surface area contributed by atoms with Crippen molar-refractivity contribution in [3.63, 3.8) is 0 Å². The molecule has 1 aromatic heterocycles. The fraction of sp³-hybridized carbons (Fsp3) is 0.533. The van der Waals surface area contributed by atoms with Crippen LogP contribution in [0.4, 0.5) is 0 Å². The fourth-order valence-electron chi connectivity index (χ4n) is 1.97. The van der Waals surface area contributed by atoms with E-state index in [1.54, 1.807) is 0 Å². The number of likely N-dealkylation sites (N-methyl/N-ethyl adjacent to an activating group) is 2. The van der Waals surface area contributed by atoms with Crippen LogP contribution in [0.1, 0.15) is 20.8 Å². The predicted molar refractivity (Wildman–Crippen MR) is 84.3 cm³/mol. The molecule has 0 aliphatic heterocycles. The number of rotatable bonds is 8. The normalized spacial score (nSPS) is 11.0. The van der Waals surface area contributed by atoms with E-state index in [1.807, 2.05) is 0 Å². The van der Waals surface area contributed by atoms with Gasteiger partial charge in [-0.1, -0.05) is 0 Å². The lowest BCUT2D eigenvalue weighted by Crippen LogP contribution is -2.42. The monoisotopic (exact) mass is 341 g/mol. The highest BCUT2D eigenvalue weighted by Crippen LogP contribution is 2.09. The first kappa shape index (κ1) is 20.0. The van der Waals surface area contributed by atoms with Crippen molar-refractivity contribution in [3.05, 3.63) is 29.6 Å². The first-order valence-corrected chi connectivity index (χ1v) is 7.35. The number of hydrogen-bond acceptors (Lipinski definition) is 7. The van der Waals surface area contributed by atoms with Gasteiger partial charge < -0.3 is 30.2 Å². The van der Waals surface area contributed by atoms with Gasteiger partial charge in [0.2, 0.25) is 0 Å². The number of pyridine rings is 1. The van der Waals surface area contributed by atoms with Crippen molar-refractivity contribution in [1.29, 1.82) is 0 Å². The van der Waals surface area contributed by atoms with E-state index in [2.05, 4.69) is 4.98 Å². The lowest BCUT2D eigenvalue weighted by atomic mass is 10.2. The second-order valence-corrected chi connectivity index (χ2v) is 5.30. The molecule has 9 heteroatoms. The molecule has 2 amide bonds. The molecule has 0 bridgehead atoms. The van der Waals surface area contributed by atoms with E-state index in [9.17, 15) is 9.59 Å². The molecule has 0 fully saturated rings. The fourth-order valence-corrected chi connectivity index (χ4v) is 1.97. The number of amides is 2. The van der Waals surface area contributed by atoms with Crippen LogP contribution < -0.4 is 0 Å². The van der Waals surface area contributed by atoms with Crippen LogP contribution in [0.15, 0.2) is 18.3 Å². The number of aliphatic hydroxyl groups excluding tert-OH is 4. The topological polar surface area (TPSA) is 134 Å². The summed E-state index contributed by atoms with van der Waals surface area (Å²) in [5.74, 6) is -0.953. The van der Waals surface area contributed by atoms with Gasteiger partial charge in [-0.25, -0.2) is 0 Å². The zero-order chi connectivity index (χ0) is 18.3. The number of hydrogen-bond donors (Lipinski definition) is 4. The molecule has 1 heterocycles. The first-order valence-electron chi connectivity index (χ1n) is 7.35. The maximum absolute atomic E-state index is 12.2. The van der Waals surface area contributed by atoms with E-state index in [0.29, 0.717) is 0 Å². The average molecular weight is 341 g/mol. The maximum atomic E-state index is 12.2. The zero-order valence-electron chi connectivity index (χ0n) is 13.7.